The van der Waals surface area contributed by atoms with Crippen LogP contribution in [-0.2, 0) is 24.3 Å². The zero-order chi connectivity index (χ0) is 12.2. The van der Waals surface area contributed by atoms with Crippen LogP contribution in [0.5, 0.6) is 0 Å². The van der Waals surface area contributed by atoms with Crippen LogP contribution in [0.3, 0.4) is 0 Å². The van der Waals surface area contributed by atoms with E-state index in [1.54, 1.807) is 0 Å². The van der Waals surface area contributed by atoms with Crippen molar-refractivity contribution in [3.05, 3.63) is 11.0 Å². The zero-order valence-electron chi connectivity index (χ0n) is 11.1. The van der Waals surface area contributed by atoms with Gasteiger partial charge < -0.3 is 29.4 Å². The molecule has 0 aromatic rings. The number of hydrogen-bond acceptors (Lipinski definition) is 1. The minimum atomic E-state index is 0. The summed E-state index contributed by atoms with van der Waals surface area (Å²) in [6.45, 7) is 4.28. The van der Waals surface area contributed by atoms with Gasteiger partial charge in [0, 0.05) is 17.9 Å². The van der Waals surface area contributed by atoms with Gasteiger partial charge in [-0.1, -0.05) is 13.8 Å². The standard InChI is InChI=1S/C13H19ClNO.HI.Zn/c1-13(2,7-4-8-14)11-5-3-6-12(16)10(11)9-15;;/h11H,3-8H2,1-2H3;1H;/q-1;;+2/p-1/t11-;;/m1../s1. The number of halogens is 2. The first-order valence-corrected chi connectivity index (χ1v) is 6.42. The fourth-order valence-corrected chi connectivity index (χ4v) is 2.69. The van der Waals surface area contributed by atoms with Crippen molar-refractivity contribution in [3.63, 3.8) is 0 Å². The first-order chi connectivity index (χ1) is 7.53. The molecule has 98 valence electrons. The van der Waals surface area contributed by atoms with Gasteiger partial charge in [-0.05, 0) is 37.0 Å². The number of carbonyl (C=O) groups is 1. The summed E-state index contributed by atoms with van der Waals surface area (Å²) in [4.78, 5) is 11.7. The van der Waals surface area contributed by atoms with Crippen molar-refractivity contribution < 1.29 is 48.2 Å². The first kappa shape index (κ1) is 21.1. The Kier molecular flexibility index (Phi) is 11.3. The minimum absolute atomic E-state index is 0. The van der Waals surface area contributed by atoms with E-state index in [0.717, 1.165) is 25.7 Å². The number of Topliss-reactive ketones (excluding diaryl/α,β-unsaturated/α-hetero) is 1. The third kappa shape index (κ3) is 5.40. The van der Waals surface area contributed by atoms with E-state index in [9.17, 15) is 4.79 Å². The van der Waals surface area contributed by atoms with Crippen LogP contribution in [0.2, 0.25) is 0 Å². The number of alkyl halides is 1. The Hall–Kier alpha value is 0.763. The molecule has 0 N–H and O–H groups in total. The fraction of sp³-hybridized carbons (Fsp3) is 0.769. The Labute approximate surface area is 145 Å². The van der Waals surface area contributed by atoms with Crippen molar-refractivity contribution in [2.24, 2.45) is 11.3 Å². The van der Waals surface area contributed by atoms with Crippen molar-refractivity contribution in [1.82, 2.24) is 0 Å². The molecule has 0 aromatic carbocycles. The van der Waals surface area contributed by atoms with Crippen LogP contribution >= 0.6 is 11.6 Å². The molecule has 2 nitrogen and oxygen atoms in total. The van der Waals surface area contributed by atoms with Crippen LogP contribution in [0, 0.1) is 11.3 Å². The van der Waals surface area contributed by atoms with Gasteiger partial charge in [-0.2, -0.15) is 0 Å². The second-order valence-corrected chi connectivity index (χ2v) is 5.55. The predicted octanol–water partition coefficient (Wildman–Crippen LogP) is 0.568. The molecule has 0 saturated heterocycles. The molecule has 1 atom stereocenters. The predicted molar refractivity (Wildman–Crippen MR) is 68.0 cm³/mol. The molecule has 0 radical (unpaired) electrons. The molecule has 0 aromatic heterocycles. The van der Waals surface area contributed by atoms with Crippen LogP contribution in [0.4, 0.5) is 0 Å². The maximum absolute atomic E-state index is 11.7. The summed E-state index contributed by atoms with van der Waals surface area (Å²) in [5.41, 5.74) is 0.501. The van der Waals surface area contributed by atoms with E-state index in [0.29, 0.717) is 17.9 Å². The van der Waals surface area contributed by atoms with Crippen LogP contribution in [-0.4, -0.2) is 17.5 Å². The molecule has 1 aliphatic rings. The summed E-state index contributed by atoms with van der Waals surface area (Å²) in [7, 11) is 0. The monoisotopic (exact) mass is 431 g/mol. The average molecular weight is 433 g/mol. The van der Waals surface area contributed by atoms with Gasteiger partial charge in [-0.25, -0.2) is 0 Å². The molecule has 1 saturated carbocycles. The number of ketones is 1. The molecule has 0 aliphatic heterocycles. The van der Waals surface area contributed by atoms with E-state index >= 15 is 0 Å². The SMILES string of the molecule is CC(C)(CCCCl)[C@@H]1CCCC(=O)C1=C=[N-].[I-].[Zn+2]. The van der Waals surface area contributed by atoms with E-state index < -0.39 is 0 Å². The molecule has 0 heterocycles. The third-order valence-corrected chi connectivity index (χ3v) is 3.83. The van der Waals surface area contributed by atoms with Gasteiger partial charge in [-0.3, -0.25) is 10.7 Å². The largest absolute Gasteiger partial charge is 2.00 e. The van der Waals surface area contributed by atoms with E-state index in [4.69, 9.17) is 17.0 Å². The van der Waals surface area contributed by atoms with Gasteiger partial charge >= 0.3 is 19.5 Å². The number of rotatable bonds is 4. The molecule has 1 fully saturated rings. The van der Waals surface area contributed by atoms with Crippen molar-refractivity contribution >= 4 is 23.3 Å². The van der Waals surface area contributed by atoms with Crippen molar-refractivity contribution in [2.75, 3.05) is 5.88 Å². The quantitative estimate of drug-likeness (QED) is 0.210. The Morgan fingerprint density at radius 2 is 2.11 bits per heavy atom. The zero-order valence-corrected chi connectivity index (χ0v) is 17.0. The van der Waals surface area contributed by atoms with Gasteiger partial charge in [0.05, 0.1) is 0 Å². The Morgan fingerprint density at radius 3 is 2.61 bits per heavy atom. The summed E-state index contributed by atoms with van der Waals surface area (Å²) in [6.07, 6.45) is 4.34. The maximum atomic E-state index is 11.7. The van der Waals surface area contributed by atoms with Gasteiger partial charge in [0.25, 0.3) is 0 Å². The molecule has 0 spiro atoms. The molecule has 0 unspecified atom stereocenters. The molecule has 18 heavy (non-hydrogen) atoms. The van der Waals surface area contributed by atoms with Crippen LogP contribution in [0.15, 0.2) is 5.57 Å². The van der Waals surface area contributed by atoms with Gasteiger partial charge in [0.2, 0.25) is 0 Å². The van der Waals surface area contributed by atoms with E-state index in [2.05, 4.69) is 19.7 Å². The number of nitrogens with zero attached hydrogens (tertiary/aromatic N) is 1. The fourth-order valence-electron chi connectivity index (χ4n) is 2.56. The number of allylic oxidation sites excluding steroid dienone is 1. The molecular weight excluding hydrogens is 414 g/mol. The number of carbonyl (C=O) groups excluding carboxylic acids is 1. The molecule has 0 bridgehead atoms. The summed E-state index contributed by atoms with van der Waals surface area (Å²) < 4.78 is 0. The van der Waals surface area contributed by atoms with E-state index in [1.165, 1.54) is 0 Å². The summed E-state index contributed by atoms with van der Waals surface area (Å²) >= 11 is 5.71. The van der Waals surface area contributed by atoms with Crippen molar-refractivity contribution in [3.8, 4) is 0 Å². The van der Waals surface area contributed by atoms with Crippen LogP contribution in [0.25, 0.3) is 5.41 Å². The Balaban J connectivity index is 0. The summed E-state index contributed by atoms with van der Waals surface area (Å²) in [5.74, 6) is 2.95. The summed E-state index contributed by atoms with van der Waals surface area (Å²) in [5, 5.41) is 9.09. The smallest absolute Gasteiger partial charge is 1.00 e. The second-order valence-electron chi connectivity index (χ2n) is 5.17. The number of hydrogen-bond donors (Lipinski definition) is 0. The Morgan fingerprint density at radius 1 is 1.50 bits per heavy atom. The van der Waals surface area contributed by atoms with Crippen molar-refractivity contribution in [2.45, 2.75) is 46.0 Å². The molecular formula is C13H19ClINOZn. The third-order valence-electron chi connectivity index (χ3n) is 3.56. The average Bonchev–Trinajstić information content (AvgIpc) is 2.26. The van der Waals surface area contributed by atoms with Gasteiger partial charge in [-0.15, -0.1) is 11.6 Å². The van der Waals surface area contributed by atoms with E-state index in [-0.39, 0.29) is 60.6 Å². The molecule has 0 amide bonds. The van der Waals surface area contributed by atoms with Gasteiger partial charge in [0.1, 0.15) is 0 Å². The topological polar surface area (TPSA) is 39.4 Å². The summed E-state index contributed by atoms with van der Waals surface area (Å²) in [6, 6.07) is 0. The minimum Gasteiger partial charge on any atom is -1.00 e. The molecule has 1 aliphatic carbocycles. The van der Waals surface area contributed by atoms with Crippen LogP contribution in [0.1, 0.15) is 46.0 Å². The second kappa shape index (κ2) is 9.63. The first-order valence-electron chi connectivity index (χ1n) is 5.89. The maximum Gasteiger partial charge on any atom is 2.00 e. The van der Waals surface area contributed by atoms with Gasteiger partial charge in [0.15, 0.2) is 5.78 Å². The Bertz CT molecular complexity index is 327. The van der Waals surface area contributed by atoms with Crippen LogP contribution < -0.4 is 24.0 Å². The molecule has 1 rings (SSSR count). The van der Waals surface area contributed by atoms with E-state index in [1.807, 2.05) is 0 Å². The molecule has 5 heteroatoms. The normalized spacial score (nSPS) is 19.6. The van der Waals surface area contributed by atoms with Crippen molar-refractivity contribution in [1.29, 1.82) is 0 Å².